The molecule has 1 aliphatic carbocycles. The van der Waals surface area contributed by atoms with Crippen LogP contribution in [-0.4, -0.2) is 5.78 Å². The Morgan fingerprint density at radius 1 is 1.50 bits per heavy atom. The van der Waals surface area contributed by atoms with Gasteiger partial charge in [0.05, 0.1) is 0 Å². The Morgan fingerprint density at radius 3 is 2.50 bits per heavy atom. The predicted molar refractivity (Wildman–Crippen MR) is 45.1 cm³/mol. The molecule has 0 heterocycles. The summed E-state index contributed by atoms with van der Waals surface area (Å²) in [7, 11) is 0. The average molecular weight is 156 g/mol. The van der Waals surface area contributed by atoms with Gasteiger partial charge in [-0.3, -0.25) is 4.79 Å². The highest BCUT2D eigenvalue weighted by Crippen LogP contribution is 2.34. The Labute approximate surface area is 66.9 Å². The van der Waals surface area contributed by atoms with E-state index in [1.807, 2.05) is 0 Å². The molecule has 0 fully saturated rings. The van der Waals surface area contributed by atoms with E-state index in [0.717, 1.165) is 11.3 Å². The fourth-order valence-corrected chi connectivity index (χ4v) is 1.88. The molecule has 0 aromatic rings. The fourth-order valence-electron chi connectivity index (χ4n) is 1.31. The molecular weight excluding hydrogens is 144 g/mol. The number of carbonyl (C=O) groups is 1. The van der Waals surface area contributed by atoms with Crippen molar-refractivity contribution in [2.75, 3.05) is 0 Å². The minimum atomic E-state index is 0.128. The lowest BCUT2D eigenvalue weighted by atomic mass is 9.80. The van der Waals surface area contributed by atoms with Crippen molar-refractivity contribution >= 4 is 18.4 Å². The number of carbonyl (C=O) groups excluding carboxylic acids is 1. The molecule has 1 rings (SSSR count). The Morgan fingerprint density at radius 2 is 2.10 bits per heavy atom. The van der Waals surface area contributed by atoms with E-state index in [1.54, 1.807) is 6.08 Å². The van der Waals surface area contributed by atoms with Gasteiger partial charge in [0.15, 0.2) is 5.78 Å². The molecule has 0 aromatic heterocycles. The van der Waals surface area contributed by atoms with Gasteiger partial charge < -0.3 is 0 Å². The minimum absolute atomic E-state index is 0.128. The zero-order chi connectivity index (χ0) is 7.78. The summed E-state index contributed by atoms with van der Waals surface area (Å²) in [5.74, 6) is 0.209. The largest absolute Gasteiger partial charge is 0.295 e. The highest BCUT2D eigenvalue weighted by atomic mass is 32.1. The molecule has 0 unspecified atom stereocenters. The maximum absolute atomic E-state index is 11.0. The summed E-state index contributed by atoms with van der Waals surface area (Å²) in [4.78, 5) is 11.9. The molecule has 0 saturated carbocycles. The molecule has 56 valence electrons. The van der Waals surface area contributed by atoms with Gasteiger partial charge in [-0.1, -0.05) is 13.8 Å². The molecule has 0 saturated heterocycles. The molecule has 0 N–H and O–H groups in total. The number of rotatable bonds is 0. The van der Waals surface area contributed by atoms with Crippen LogP contribution in [0.3, 0.4) is 0 Å². The van der Waals surface area contributed by atoms with Gasteiger partial charge in [0.25, 0.3) is 0 Å². The lowest BCUT2D eigenvalue weighted by molar-refractivity contribution is -0.116. The smallest absolute Gasteiger partial charge is 0.157 e. The topological polar surface area (TPSA) is 17.1 Å². The Bertz CT molecular complexity index is 191. The molecule has 2 heteroatoms. The van der Waals surface area contributed by atoms with Gasteiger partial charge in [-0.15, -0.1) is 12.6 Å². The van der Waals surface area contributed by atoms with Crippen LogP contribution >= 0.6 is 12.6 Å². The molecule has 0 radical (unpaired) electrons. The summed E-state index contributed by atoms with van der Waals surface area (Å²) >= 11 is 4.17. The maximum Gasteiger partial charge on any atom is 0.157 e. The molecule has 10 heavy (non-hydrogen) atoms. The van der Waals surface area contributed by atoms with Crippen molar-refractivity contribution in [1.29, 1.82) is 0 Å². The van der Waals surface area contributed by atoms with Gasteiger partial charge in [-0.05, 0) is 22.8 Å². The molecule has 1 nitrogen and oxygen atoms in total. The molecule has 0 spiro atoms. The van der Waals surface area contributed by atoms with Gasteiger partial charge in [-0.2, -0.15) is 0 Å². The SMILES string of the molecule is CC1(C)CC(=O)C=C(S)C1. The minimum Gasteiger partial charge on any atom is -0.295 e. The molecular formula is C8H12OS. The third kappa shape index (κ3) is 1.87. The monoisotopic (exact) mass is 156 g/mol. The summed E-state index contributed by atoms with van der Waals surface area (Å²) < 4.78 is 0. The third-order valence-electron chi connectivity index (χ3n) is 1.64. The van der Waals surface area contributed by atoms with E-state index >= 15 is 0 Å². The van der Waals surface area contributed by atoms with Crippen molar-refractivity contribution in [3.63, 3.8) is 0 Å². The van der Waals surface area contributed by atoms with Gasteiger partial charge in [-0.25, -0.2) is 0 Å². The molecule has 0 amide bonds. The summed E-state index contributed by atoms with van der Waals surface area (Å²) in [5, 5.41) is 0. The Kier molecular flexibility index (Phi) is 1.90. The molecule has 0 aromatic carbocycles. The van der Waals surface area contributed by atoms with E-state index in [-0.39, 0.29) is 11.2 Å². The van der Waals surface area contributed by atoms with E-state index in [2.05, 4.69) is 26.5 Å². The standard InChI is InChI=1S/C8H12OS/c1-8(2)4-6(9)3-7(10)5-8/h3,10H,4-5H2,1-2H3. The van der Waals surface area contributed by atoms with Crippen molar-refractivity contribution in [2.24, 2.45) is 5.41 Å². The van der Waals surface area contributed by atoms with Crippen molar-refractivity contribution in [1.82, 2.24) is 0 Å². The van der Waals surface area contributed by atoms with Crippen LogP contribution in [0.4, 0.5) is 0 Å². The molecule has 0 bridgehead atoms. The van der Waals surface area contributed by atoms with Gasteiger partial charge in [0, 0.05) is 6.42 Å². The summed E-state index contributed by atoms with van der Waals surface area (Å²) in [6.07, 6.45) is 3.23. The number of thiol groups is 1. The number of allylic oxidation sites excluding steroid dienone is 2. The lowest BCUT2D eigenvalue weighted by Gasteiger charge is -2.26. The first-order valence-corrected chi connectivity index (χ1v) is 3.87. The third-order valence-corrected chi connectivity index (χ3v) is 1.93. The molecule has 0 atom stereocenters. The second kappa shape index (κ2) is 2.42. The van der Waals surface area contributed by atoms with Crippen molar-refractivity contribution in [3.05, 3.63) is 11.0 Å². The second-order valence-electron chi connectivity index (χ2n) is 3.62. The normalized spacial score (nSPS) is 24.3. The Balaban J connectivity index is 2.80. The van der Waals surface area contributed by atoms with Crippen LogP contribution in [0, 0.1) is 5.41 Å². The lowest BCUT2D eigenvalue weighted by Crippen LogP contribution is -2.20. The zero-order valence-electron chi connectivity index (χ0n) is 6.35. The van der Waals surface area contributed by atoms with E-state index in [4.69, 9.17) is 0 Å². The van der Waals surface area contributed by atoms with Crippen LogP contribution in [0.5, 0.6) is 0 Å². The summed E-state index contributed by atoms with van der Waals surface area (Å²) in [6, 6.07) is 0. The van der Waals surface area contributed by atoms with Crippen LogP contribution in [-0.2, 0) is 4.79 Å². The van der Waals surface area contributed by atoms with E-state index in [9.17, 15) is 4.79 Å². The Hall–Kier alpha value is -0.240. The first kappa shape index (κ1) is 7.86. The van der Waals surface area contributed by atoms with Crippen LogP contribution in [0.15, 0.2) is 11.0 Å². The van der Waals surface area contributed by atoms with Gasteiger partial charge in [0.1, 0.15) is 0 Å². The number of ketones is 1. The van der Waals surface area contributed by atoms with E-state index < -0.39 is 0 Å². The fraction of sp³-hybridized carbons (Fsp3) is 0.625. The van der Waals surface area contributed by atoms with Crippen molar-refractivity contribution < 1.29 is 4.79 Å². The predicted octanol–water partition coefficient (Wildman–Crippen LogP) is 2.19. The zero-order valence-corrected chi connectivity index (χ0v) is 7.24. The van der Waals surface area contributed by atoms with Crippen molar-refractivity contribution in [2.45, 2.75) is 26.7 Å². The first-order chi connectivity index (χ1) is 4.49. The maximum atomic E-state index is 11.0. The van der Waals surface area contributed by atoms with E-state index in [0.29, 0.717) is 6.42 Å². The van der Waals surface area contributed by atoms with Crippen LogP contribution in [0.2, 0.25) is 0 Å². The van der Waals surface area contributed by atoms with Crippen molar-refractivity contribution in [3.8, 4) is 0 Å². The molecule has 1 aliphatic rings. The highest BCUT2D eigenvalue weighted by molar-refractivity contribution is 7.84. The van der Waals surface area contributed by atoms with Gasteiger partial charge in [0.2, 0.25) is 0 Å². The van der Waals surface area contributed by atoms with Crippen LogP contribution in [0.1, 0.15) is 26.7 Å². The molecule has 0 aliphatic heterocycles. The second-order valence-corrected chi connectivity index (χ2v) is 4.19. The first-order valence-electron chi connectivity index (χ1n) is 3.42. The average Bonchev–Trinajstić information content (AvgIpc) is 1.54. The highest BCUT2D eigenvalue weighted by Gasteiger charge is 2.25. The van der Waals surface area contributed by atoms with Crippen LogP contribution in [0.25, 0.3) is 0 Å². The quantitative estimate of drug-likeness (QED) is 0.532. The van der Waals surface area contributed by atoms with E-state index in [1.165, 1.54) is 0 Å². The summed E-state index contributed by atoms with van der Waals surface area (Å²) in [6.45, 7) is 4.18. The number of hydrogen-bond acceptors (Lipinski definition) is 2. The summed E-state index contributed by atoms with van der Waals surface area (Å²) in [5.41, 5.74) is 0.128. The van der Waals surface area contributed by atoms with Gasteiger partial charge >= 0.3 is 0 Å². The number of hydrogen-bond donors (Lipinski definition) is 1. The van der Waals surface area contributed by atoms with Crippen LogP contribution < -0.4 is 0 Å².